The molecule has 4 nitrogen and oxygen atoms in total. The molecular weight excluding hydrogens is 266 g/mol. The number of carbonyl (C=O) groups is 1. The molecule has 0 aromatic heterocycles. The third-order valence-electron chi connectivity index (χ3n) is 2.80. The highest BCUT2D eigenvalue weighted by molar-refractivity contribution is 5.88. The lowest BCUT2D eigenvalue weighted by Gasteiger charge is -2.18. The van der Waals surface area contributed by atoms with E-state index in [1.807, 2.05) is 56.3 Å². The summed E-state index contributed by atoms with van der Waals surface area (Å²) in [5.74, 6) is 1.24. The largest absolute Gasteiger partial charge is 0.491 e. The zero-order chi connectivity index (χ0) is 15.2. The molecule has 0 aliphatic carbocycles. The van der Waals surface area contributed by atoms with E-state index in [0.29, 0.717) is 11.4 Å². The van der Waals surface area contributed by atoms with Crippen molar-refractivity contribution in [2.75, 3.05) is 11.9 Å². The number of carbonyl (C=O) groups excluding carboxylic acids is 1. The van der Waals surface area contributed by atoms with Crippen molar-refractivity contribution in [2.45, 2.75) is 20.0 Å². The third-order valence-corrected chi connectivity index (χ3v) is 2.80. The fraction of sp³-hybridized carbons (Fsp3) is 0.235. The number of ether oxygens (including phenoxy) is 2. The van der Waals surface area contributed by atoms with Gasteiger partial charge in [-0.3, -0.25) is 4.90 Å². The summed E-state index contributed by atoms with van der Waals surface area (Å²) >= 11 is 0. The Labute approximate surface area is 124 Å². The second-order valence-electron chi connectivity index (χ2n) is 4.90. The van der Waals surface area contributed by atoms with E-state index in [4.69, 9.17) is 9.47 Å². The molecule has 2 aromatic rings. The molecule has 0 aliphatic rings. The van der Waals surface area contributed by atoms with Crippen LogP contribution in [0, 0.1) is 0 Å². The SMILES string of the molecule is CC(C)Oc1cccc(N(C)C(=O)Oc2ccccc2)c1. The van der Waals surface area contributed by atoms with Crippen LogP contribution in [-0.2, 0) is 0 Å². The van der Waals surface area contributed by atoms with Gasteiger partial charge in [-0.05, 0) is 38.1 Å². The van der Waals surface area contributed by atoms with Crippen LogP contribution in [0.15, 0.2) is 54.6 Å². The van der Waals surface area contributed by atoms with E-state index in [0.717, 1.165) is 5.75 Å². The number of hydrogen-bond donors (Lipinski definition) is 0. The Kier molecular flexibility index (Phi) is 4.82. The van der Waals surface area contributed by atoms with Gasteiger partial charge in [0, 0.05) is 13.1 Å². The normalized spacial score (nSPS) is 10.3. The zero-order valence-electron chi connectivity index (χ0n) is 12.4. The molecule has 0 aliphatic heterocycles. The lowest BCUT2D eigenvalue weighted by molar-refractivity contribution is 0.209. The molecule has 2 aromatic carbocycles. The molecule has 0 fully saturated rings. The molecule has 2 rings (SSSR count). The van der Waals surface area contributed by atoms with Crippen molar-refractivity contribution in [1.82, 2.24) is 0 Å². The standard InChI is InChI=1S/C17H19NO3/c1-13(2)20-16-11-7-8-14(12-16)18(3)17(19)21-15-9-5-4-6-10-15/h4-13H,1-3H3. The van der Waals surface area contributed by atoms with Crippen molar-refractivity contribution in [2.24, 2.45) is 0 Å². The Morgan fingerprint density at radius 3 is 2.33 bits per heavy atom. The van der Waals surface area contributed by atoms with Gasteiger partial charge >= 0.3 is 6.09 Å². The molecule has 0 unspecified atom stereocenters. The Morgan fingerprint density at radius 2 is 1.67 bits per heavy atom. The molecule has 0 saturated carbocycles. The van der Waals surface area contributed by atoms with Crippen molar-refractivity contribution in [3.63, 3.8) is 0 Å². The van der Waals surface area contributed by atoms with Gasteiger partial charge in [-0.15, -0.1) is 0 Å². The molecular formula is C17H19NO3. The number of rotatable bonds is 4. The molecule has 1 amide bonds. The van der Waals surface area contributed by atoms with Crippen molar-refractivity contribution < 1.29 is 14.3 Å². The lowest BCUT2D eigenvalue weighted by atomic mass is 10.3. The minimum atomic E-state index is -0.442. The van der Waals surface area contributed by atoms with Crippen LogP contribution >= 0.6 is 0 Å². The summed E-state index contributed by atoms with van der Waals surface area (Å²) in [7, 11) is 1.67. The number of benzene rings is 2. The number of anilines is 1. The first kappa shape index (κ1) is 14.9. The lowest BCUT2D eigenvalue weighted by Crippen LogP contribution is -2.29. The average Bonchev–Trinajstić information content (AvgIpc) is 2.47. The molecule has 21 heavy (non-hydrogen) atoms. The van der Waals surface area contributed by atoms with Gasteiger partial charge in [-0.25, -0.2) is 4.79 Å². The molecule has 110 valence electrons. The van der Waals surface area contributed by atoms with Gasteiger partial charge in [-0.2, -0.15) is 0 Å². The van der Waals surface area contributed by atoms with Crippen molar-refractivity contribution >= 4 is 11.8 Å². The number of para-hydroxylation sites is 1. The van der Waals surface area contributed by atoms with Gasteiger partial charge in [0.2, 0.25) is 0 Å². The van der Waals surface area contributed by atoms with Crippen LogP contribution in [0.5, 0.6) is 11.5 Å². The summed E-state index contributed by atoms with van der Waals surface area (Å²) in [6.07, 6.45) is -0.357. The second-order valence-corrected chi connectivity index (χ2v) is 4.90. The fourth-order valence-corrected chi connectivity index (χ4v) is 1.80. The first-order chi connectivity index (χ1) is 10.1. The summed E-state index contributed by atoms with van der Waals surface area (Å²) in [5.41, 5.74) is 0.717. The Morgan fingerprint density at radius 1 is 1.00 bits per heavy atom. The van der Waals surface area contributed by atoms with Crippen molar-refractivity contribution in [3.8, 4) is 11.5 Å². The highest BCUT2D eigenvalue weighted by atomic mass is 16.6. The van der Waals surface area contributed by atoms with Gasteiger partial charge < -0.3 is 9.47 Å². The smallest absolute Gasteiger partial charge is 0.419 e. The molecule has 0 spiro atoms. The highest BCUT2D eigenvalue weighted by Crippen LogP contribution is 2.22. The second kappa shape index (κ2) is 6.79. The van der Waals surface area contributed by atoms with Crippen LogP contribution in [-0.4, -0.2) is 19.2 Å². The average molecular weight is 285 g/mol. The fourth-order valence-electron chi connectivity index (χ4n) is 1.80. The van der Waals surface area contributed by atoms with E-state index in [2.05, 4.69) is 0 Å². The Bertz CT molecular complexity index is 596. The molecule has 0 bridgehead atoms. The Balaban J connectivity index is 2.08. The molecule has 4 heteroatoms. The number of hydrogen-bond acceptors (Lipinski definition) is 3. The maximum absolute atomic E-state index is 12.1. The van der Waals surface area contributed by atoms with Crippen LogP contribution in [0.4, 0.5) is 10.5 Å². The van der Waals surface area contributed by atoms with E-state index in [1.165, 1.54) is 4.90 Å². The van der Waals surface area contributed by atoms with Crippen LogP contribution < -0.4 is 14.4 Å². The minimum absolute atomic E-state index is 0.0850. The minimum Gasteiger partial charge on any atom is -0.491 e. The zero-order valence-corrected chi connectivity index (χ0v) is 12.4. The van der Waals surface area contributed by atoms with E-state index < -0.39 is 6.09 Å². The summed E-state index contributed by atoms with van der Waals surface area (Å²) in [4.78, 5) is 13.6. The van der Waals surface area contributed by atoms with Gasteiger partial charge in [0.05, 0.1) is 11.8 Å². The van der Waals surface area contributed by atoms with Crippen LogP contribution in [0.1, 0.15) is 13.8 Å². The Hall–Kier alpha value is -2.49. The predicted octanol–water partition coefficient (Wildman–Crippen LogP) is 4.11. The number of amides is 1. The number of nitrogens with zero attached hydrogens (tertiary/aromatic N) is 1. The topological polar surface area (TPSA) is 38.8 Å². The van der Waals surface area contributed by atoms with Gasteiger partial charge in [-0.1, -0.05) is 24.3 Å². The van der Waals surface area contributed by atoms with Crippen molar-refractivity contribution in [3.05, 3.63) is 54.6 Å². The summed E-state index contributed by atoms with van der Waals surface area (Å²) in [6, 6.07) is 16.3. The highest BCUT2D eigenvalue weighted by Gasteiger charge is 2.14. The molecule has 0 heterocycles. The molecule has 0 atom stereocenters. The van der Waals surface area contributed by atoms with E-state index in [1.54, 1.807) is 19.2 Å². The molecule has 0 saturated heterocycles. The quantitative estimate of drug-likeness (QED) is 0.848. The van der Waals surface area contributed by atoms with E-state index in [9.17, 15) is 4.79 Å². The maximum atomic E-state index is 12.1. The van der Waals surface area contributed by atoms with Gasteiger partial charge in [0.25, 0.3) is 0 Å². The predicted molar refractivity (Wildman–Crippen MR) is 83.1 cm³/mol. The maximum Gasteiger partial charge on any atom is 0.419 e. The van der Waals surface area contributed by atoms with E-state index >= 15 is 0 Å². The summed E-state index contributed by atoms with van der Waals surface area (Å²) in [5, 5.41) is 0. The monoisotopic (exact) mass is 285 g/mol. The van der Waals surface area contributed by atoms with E-state index in [-0.39, 0.29) is 6.10 Å². The molecule has 0 N–H and O–H groups in total. The third kappa shape index (κ3) is 4.24. The van der Waals surface area contributed by atoms with Crippen LogP contribution in [0.2, 0.25) is 0 Å². The molecule has 0 radical (unpaired) electrons. The van der Waals surface area contributed by atoms with Crippen LogP contribution in [0.25, 0.3) is 0 Å². The van der Waals surface area contributed by atoms with Crippen molar-refractivity contribution in [1.29, 1.82) is 0 Å². The van der Waals surface area contributed by atoms with Gasteiger partial charge in [0.1, 0.15) is 11.5 Å². The summed E-state index contributed by atoms with van der Waals surface area (Å²) in [6.45, 7) is 3.92. The first-order valence-electron chi connectivity index (χ1n) is 6.83. The first-order valence-corrected chi connectivity index (χ1v) is 6.83. The van der Waals surface area contributed by atoms with Gasteiger partial charge in [0.15, 0.2) is 0 Å². The van der Waals surface area contributed by atoms with Crippen LogP contribution in [0.3, 0.4) is 0 Å². The summed E-state index contributed by atoms with van der Waals surface area (Å²) < 4.78 is 10.9.